The van der Waals surface area contributed by atoms with E-state index in [2.05, 4.69) is 10.3 Å². The lowest BCUT2D eigenvalue weighted by atomic mass is 10.0. The van der Waals surface area contributed by atoms with Crippen LogP contribution in [-0.4, -0.2) is 44.9 Å². The molecule has 1 aliphatic rings. The molecule has 0 saturated carbocycles. The second-order valence-corrected chi connectivity index (χ2v) is 8.28. The minimum absolute atomic E-state index is 0.131. The third-order valence-electron chi connectivity index (χ3n) is 6.01. The number of hydrogen-bond acceptors (Lipinski definition) is 4. The summed E-state index contributed by atoms with van der Waals surface area (Å²) in [6.07, 6.45) is 7.28. The highest BCUT2D eigenvalue weighted by molar-refractivity contribution is 5.90. The Kier molecular flexibility index (Phi) is 6.66. The molecular formula is C25H29N5O2. The lowest BCUT2D eigenvalue weighted by Gasteiger charge is -2.28. The van der Waals surface area contributed by atoms with Crippen molar-refractivity contribution in [1.29, 1.82) is 0 Å². The van der Waals surface area contributed by atoms with Crippen molar-refractivity contribution in [3.63, 3.8) is 0 Å². The second-order valence-electron chi connectivity index (χ2n) is 8.28. The number of carbonyl (C=O) groups excluding carboxylic acids is 2. The van der Waals surface area contributed by atoms with E-state index in [0.717, 1.165) is 23.2 Å². The van der Waals surface area contributed by atoms with E-state index in [1.54, 1.807) is 17.4 Å². The van der Waals surface area contributed by atoms with Crippen LogP contribution in [0.2, 0.25) is 0 Å². The van der Waals surface area contributed by atoms with Gasteiger partial charge in [-0.3, -0.25) is 9.59 Å². The maximum atomic E-state index is 13.0. The lowest BCUT2D eigenvalue weighted by Crippen LogP contribution is -2.52. The number of imidazole rings is 1. The SMILES string of the molecule is C[C@H](NC(=O)[C@@H]1CCCN1C(=O)[C@@H](N)Cc1ccccc1)c1ccc(-n2ccnc2)cc1. The van der Waals surface area contributed by atoms with Gasteiger partial charge in [0, 0.05) is 24.6 Å². The number of nitrogens with one attached hydrogen (secondary N) is 1. The van der Waals surface area contributed by atoms with Crippen molar-refractivity contribution in [3.05, 3.63) is 84.4 Å². The molecule has 0 unspecified atom stereocenters. The maximum Gasteiger partial charge on any atom is 0.243 e. The quantitative estimate of drug-likeness (QED) is 0.601. The van der Waals surface area contributed by atoms with Crippen LogP contribution in [0.4, 0.5) is 0 Å². The second kappa shape index (κ2) is 9.78. The summed E-state index contributed by atoms with van der Waals surface area (Å²) < 4.78 is 1.92. The van der Waals surface area contributed by atoms with Gasteiger partial charge in [-0.05, 0) is 49.4 Å². The monoisotopic (exact) mass is 431 g/mol. The van der Waals surface area contributed by atoms with Gasteiger partial charge >= 0.3 is 0 Å². The van der Waals surface area contributed by atoms with Crippen molar-refractivity contribution in [2.75, 3.05) is 6.54 Å². The van der Waals surface area contributed by atoms with Gasteiger partial charge in [0.1, 0.15) is 6.04 Å². The van der Waals surface area contributed by atoms with E-state index in [0.29, 0.717) is 19.4 Å². The lowest BCUT2D eigenvalue weighted by molar-refractivity contribution is -0.139. The van der Waals surface area contributed by atoms with Crippen LogP contribution in [0.3, 0.4) is 0 Å². The summed E-state index contributed by atoms with van der Waals surface area (Å²) in [6.45, 7) is 2.51. The molecule has 7 nitrogen and oxygen atoms in total. The van der Waals surface area contributed by atoms with Crippen molar-refractivity contribution in [2.45, 2.75) is 44.3 Å². The first-order chi connectivity index (χ1) is 15.5. The fraction of sp³-hybridized carbons (Fsp3) is 0.320. The molecule has 3 aromatic rings. The van der Waals surface area contributed by atoms with Crippen LogP contribution < -0.4 is 11.1 Å². The van der Waals surface area contributed by atoms with Crippen LogP contribution in [0.15, 0.2) is 73.3 Å². The average molecular weight is 432 g/mol. The zero-order chi connectivity index (χ0) is 22.5. The Morgan fingerprint density at radius 3 is 2.59 bits per heavy atom. The number of nitrogens with two attached hydrogens (primary N) is 1. The van der Waals surface area contributed by atoms with Crippen LogP contribution in [-0.2, 0) is 16.0 Å². The molecule has 1 fully saturated rings. The highest BCUT2D eigenvalue weighted by Gasteiger charge is 2.36. The number of aromatic nitrogens is 2. The normalized spacial score (nSPS) is 17.7. The van der Waals surface area contributed by atoms with E-state index in [1.165, 1.54) is 0 Å². The summed E-state index contributed by atoms with van der Waals surface area (Å²) in [6, 6.07) is 16.4. The largest absolute Gasteiger partial charge is 0.348 e. The van der Waals surface area contributed by atoms with Crippen molar-refractivity contribution in [2.24, 2.45) is 5.73 Å². The summed E-state index contributed by atoms with van der Waals surface area (Å²) >= 11 is 0. The molecule has 1 saturated heterocycles. The minimum Gasteiger partial charge on any atom is -0.348 e. The van der Waals surface area contributed by atoms with Gasteiger partial charge in [0.15, 0.2) is 0 Å². The van der Waals surface area contributed by atoms with Gasteiger partial charge in [-0.15, -0.1) is 0 Å². The molecule has 2 amide bonds. The average Bonchev–Trinajstić information content (AvgIpc) is 3.52. The Bertz CT molecular complexity index is 1030. The van der Waals surface area contributed by atoms with Crippen molar-refractivity contribution >= 4 is 11.8 Å². The van der Waals surface area contributed by atoms with E-state index in [4.69, 9.17) is 5.73 Å². The summed E-state index contributed by atoms with van der Waals surface area (Å²) in [5.74, 6) is -0.294. The Morgan fingerprint density at radius 1 is 1.16 bits per heavy atom. The number of carbonyl (C=O) groups is 2. The number of hydrogen-bond donors (Lipinski definition) is 2. The highest BCUT2D eigenvalue weighted by atomic mass is 16.2. The van der Waals surface area contributed by atoms with Crippen LogP contribution in [0, 0.1) is 0 Å². The molecule has 0 bridgehead atoms. The predicted octanol–water partition coefficient (Wildman–Crippen LogP) is 2.61. The smallest absolute Gasteiger partial charge is 0.243 e. The van der Waals surface area contributed by atoms with E-state index in [9.17, 15) is 9.59 Å². The molecule has 0 spiro atoms. The van der Waals surface area contributed by atoms with Crippen LogP contribution in [0.1, 0.15) is 36.9 Å². The maximum absolute atomic E-state index is 13.0. The Balaban J connectivity index is 1.37. The molecule has 1 aromatic heterocycles. The molecule has 166 valence electrons. The zero-order valence-corrected chi connectivity index (χ0v) is 18.2. The van der Waals surface area contributed by atoms with Crippen molar-refractivity contribution in [3.8, 4) is 5.69 Å². The molecule has 3 atom stereocenters. The Labute approximate surface area is 188 Å². The number of rotatable bonds is 7. The number of amides is 2. The van der Waals surface area contributed by atoms with E-state index >= 15 is 0 Å². The van der Waals surface area contributed by atoms with E-state index in [1.807, 2.05) is 72.3 Å². The van der Waals surface area contributed by atoms with Crippen LogP contribution >= 0.6 is 0 Å². The van der Waals surface area contributed by atoms with Gasteiger partial charge < -0.3 is 20.5 Å². The first kappa shape index (κ1) is 21.8. The van der Waals surface area contributed by atoms with Crippen LogP contribution in [0.5, 0.6) is 0 Å². The number of likely N-dealkylation sites (tertiary alicyclic amines) is 1. The third kappa shape index (κ3) is 4.89. The van der Waals surface area contributed by atoms with Gasteiger partial charge in [0.05, 0.1) is 18.4 Å². The molecule has 3 N–H and O–H groups in total. The molecule has 7 heteroatoms. The van der Waals surface area contributed by atoms with Crippen molar-refractivity contribution < 1.29 is 9.59 Å². The standard InChI is InChI=1S/C25H29N5O2/c1-18(20-9-11-21(12-10-20)29-15-13-27-17-29)28-24(31)23-8-5-14-30(23)25(32)22(26)16-19-6-3-2-4-7-19/h2-4,6-7,9-13,15,17-18,22-23H,5,8,14,16,26H2,1H3,(H,28,31)/t18-,22-,23-/m0/s1. The van der Waals surface area contributed by atoms with Gasteiger partial charge in [-0.2, -0.15) is 0 Å². The summed E-state index contributed by atoms with van der Waals surface area (Å²) in [5.41, 5.74) is 9.23. The fourth-order valence-electron chi connectivity index (χ4n) is 4.21. The predicted molar refractivity (Wildman–Crippen MR) is 123 cm³/mol. The number of nitrogens with zero attached hydrogens (tertiary/aromatic N) is 3. The molecule has 2 aromatic carbocycles. The molecule has 0 aliphatic carbocycles. The highest BCUT2D eigenvalue weighted by Crippen LogP contribution is 2.21. The minimum atomic E-state index is -0.654. The first-order valence-corrected chi connectivity index (χ1v) is 11.0. The van der Waals surface area contributed by atoms with Gasteiger partial charge in [0.2, 0.25) is 11.8 Å². The van der Waals surface area contributed by atoms with E-state index in [-0.39, 0.29) is 17.9 Å². The summed E-state index contributed by atoms with van der Waals surface area (Å²) in [4.78, 5) is 31.7. The first-order valence-electron chi connectivity index (χ1n) is 11.0. The van der Waals surface area contributed by atoms with Crippen LogP contribution in [0.25, 0.3) is 5.69 Å². The molecule has 32 heavy (non-hydrogen) atoms. The van der Waals surface area contributed by atoms with E-state index < -0.39 is 12.1 Å². The molecule has 4 rings (SSSR count). The van der Waals surface area contributed by atoms with Gasteiger partial charge in [-0.1, -0.05) is 42.5 Å². The molecule has 0 radical (unpaired) electrons. The third-order valence-corrected chi connectivity index (χ3v) is 6.01. The fourth-order valence-corrected chi connectivity index (χ4v) is 4.21. The molecular weight excluding hydrogens is 402 g/mol. The molecule has 2 heterocycles. The van der Waals surface area contributed by atoms with Gasteiger partial charge in [-0.25, -0.2) is 4.98 Å². The van der Waals surface area contributed by atoms with Gasteiger partial charge in [0.25, 0.3) is 0 Å². The topological polar surface area (TPSA) is 93.3 Å². The Hall–Kier alpha value is -3.45. The molecule has 1 aliphatic heterocycles. The zero-order valence-electron chi connectivity index (χ0n) is 18.2. The summed E-state index contributed by atoms with van der Waals surface area (Å²) in [7, 11) is 0. The summed E-state index contributed by atoms with van der Waals surface area (Å²) in [5, 5.41) is 3.07. The Morgan fingerprint density at radius 2 is 1.91 bits per heavy atom. The number of benzene rings is 2. The van der Waals surface area contributed by atoms with Crippen molar-refractivity contribution in [1.82, 2.24) is 19.8 Å².